The number of thiophene rings is 1. The Morgan fingerprint density at radius 2 is 1.90 bits per heavy atom. The molecule has 2 N–H and O–H groups in total. The first-order chi connectivity index (χ1) is 14.4. The van der Waals surface area contributed by atoms with E-state index in [-0.39, 0.29) is 22.4 Å². The van der Waals surface area contributed by atoms with Gasteiger partial charge in [-0.05, 0) is 59.3 Å². The highest BCUT2D eigenvalue weighted by Crippen LogP contribution is 2.30. The molecule has 0 atom stereocenters. The van der Waals surface area contributed by atoms with Gasteiger partial charge in [0.15, 0.2) is 0 Å². The molecule has 1 amide bonds. The summed E-state index contributed by atoms with van der Waals surface area (Å²) in [7, 11) is 0. The number of halogens is 2. The Labute approximate surface area is 188 Å². The van der Waals surface area contributed by atoms with Crippen LogP contribution in [0.1, 0.15) is 38.9 Å². The predicted octanol–water partition coefficient (Wildman–Crippen LogP) is 6.14. The Kier molecular flexibility index (Phi) is 7.37. The van der Waals surface area contributed by atoms with Crippen LogP contribution in [-0.2, 0) is 6.54 Å². The quantitative estimate of drug-likeness (QED) is 0.420. The molecule has 0 saturated carbocycles. The first-order valence-corrected chi connectivity index (χ1v) is 10.8. The van der Waals surface area contributed by atoms with E-state index in [1.54, 1.807) is 23.6 Å². The molecular weight excluding hydrogens is 445 g/mol. The fraction of sp³-hybridized carbons (Fsp3) is 0.182. The summed E-state index contributed by atoms with van der Waals surface area (Å²) < 4.78 is 5.81. The highest BCUT2D eigenvalue weighted by atomic mass is 35.5. The van der Waals surface area contributed by atoms with Gasteiger partial charge in [-0.25, -0.2) is 4.79 Å². The van der Waals surface area contributed by atoms with Gasteiger partial charge in [0, 0.05) is 17.1 Å². The van der Waals surface area contributed by atoms with Crippen LogP contribution in [0.4, 0.5) is 0 Å². The number of benzene rings is 2. The van der Waals surface area contributed by atoms with Crippen molar-refractivity contribution in [2.45, 2.75) is 19.9 Å². The van der Waals surface area contributed by atoms with Crippen LogP contribution in [0, 0.1) is 0 Å². The molecule has 1 aromatic heterocycles. The molecule has 30 heavy (non-hydrogen) atoms. The molecule has 2 aromatic carbocycles. The van der Waals surface area contributed by atoms with Crippen molar-refractivity contribution < 1.29 is 19.4 Å². The van der Waals surface area contributed by atoms with E-state index in [0.29, 0.717) is 22.9 Å². The molecule has 0 aliphatic rings. The third-order valence-corrected chi connectivity index (χ3v) is 5.75. The van der Waals surface area contributed by atoms with Crippen molar-refractivity contribution >= 4 is 46.4 Å². The summed E-state index contributed by atoms with van der Waals surface area (Å²) in [6.07, 6.45) is 0.848. The number of carboxylic acid groups (broad SMARTS) is 1. The summed E-state index contributed by atoms with van der Waals surface area (Å²) in [5.41, 5.74) is 2.75. The van der Waals surface area contributed by atoms with Gasteiger partial charge in [0.25, 0.3) is 5.91 Å². The summed E-state index contributed by atoms with van der Waals surface area (Å²) in [4.78, 5) is 24.0. The minimum Gasteiger partial charge on any atom is -0.493 e. The SMILES string of the molecule is CCCOc1ccc(-c2csc(C(=O)O)c2)cc1CNC(=O)c1ccc(Cl)cc1Cl. The second-order valence-corrected chi connectivity index (χ2v) is 8.24. The van der Waals surface area contributed by atoms with Gasteiger partial charge in [-0.15, -0.1) is 11.3 Å². The van der Waals surface area contributed by atoms with Crippen LogP contribution in [0.5, 0.6) is 5.75 Å². The largest absolute Gasteiger partial charge is 0.493 e. The van der Waals surface area contributed by atoms with E-state index in [1.165, 1.54) is 17.4 Å². The topological polar surface area (TPSA) is 75.6 Å². The van der Waals surface area contributed by atoms with Crippen LogP contribution in [0.15, 0.2) is 47.8 Å². The molecule has 3 aromatic rings. The van der Waals surface area contributed by atoms with Gasteiger partial charge >= 0.3 is 5.97 Å². The molecule has 0 saturated heterocycles. The summed E-state index contributed by atoms with van der Waals surface area (Å²) in [6, 6.07) is 11.9. The van der Waals surface area contributed by atoms with Gasteiger partial charge < -0.3 is 15.2 Å². The lowest BCUT2D eigenvalue weighted by molar-refractivity contribution is 0.0702. The lowest BCUT2D eigenvalue weighted by atomic mass is 10.0. The predicted molar refractivity (Wildman–Crippen MR) is 120 cm³/mol. The molecular formula is C22H19Cl2NO4S. The Morgan fingerprint density at radius 3 is 2.57 bits per heavy atom. The van der Waals surface area contributed by atoms with E-state index in [9.17, 15) is 9.59 Å². The van der Waals surface area contributed by atoms with E-state index in [2.05, 4.69) is 5.32 Å². The van der Waals surface area contributed by atoms with Gasteiger partial charge in [0.2, 0.25) is 0 Å². The van der Waals surface area contributed by atoms with Crippen LogP contribution >= 0.6 is 34.5 Å². The van der Waals surface area contributed by atoms with E-state index < -0.39 is 5.97 Å². The summed E-state index contributed by atoms with van der Waals surface area (Å²) in [5, 5.41) is 14.5. The summed E-state index contributed by atoms with van der Waals surface area (Å²) in [6.45, 7) is 2.78. The molecule has 0 bridgehead atoms. The zero-order valence-electron chi connectivity index (χ0n) is 16.1. The number of nitrogens with one attached hydrogen (secondary N) is 1. The number of amides is 1. The molecule has 0 unspecified atom stereocenters. The van der Waals surface area contributed by atoms with Crippen molar-refractivity contribution in [3.63, 3.8) is 0 Å². The standard InChI is InChI=1S/C22H19Cl2NO4S/c1-2-7-29-19-6-3-13(15-9-20(22(27)28)30-12-15)8-14(19)11-25-21(26)17-5-4-16(23)10-18(17)24/h3-6,8-10,12H,2,7,11H2,1H3,(H,25,26)(H,27,28). The van der Waals surface area contributed by atoms with Gasteiger partial charge in [-0.1, -0.05) is 36.2 Å². The normalized spacial score (nSPS) is 10.6. The Hall–Kier alpha value is -2.54. The maximum atomic E-state index is 12.6. The van der Waals surface area contributed by atoms with Crippen LogP contribution in [-0.4, -0.2) is 23.6 Å². The molecule has 156 valence electrons. The number of rotatable bonds is 8. The Bertz CT molecular complexity index is 1080. The summed E-state index contributed by atoms with van der Waals surface area (Å²) >= 11 is 13.2. The fourth-order valence-electron chi connectivity index (χ4n) is 2.79. The average molecular weight is 464 g/mol. The van der Waals surface area contributed by atoms with E-state index >= 15 is 0 Å². The highest BCUT2D eigenvalue weighted by Gasteiger charge is 2.14. The first-order valence-electron chi connectivity index (χ1n) is 9.20. The maximum Gasteiger partial charge on any atom is 0.345 e. The molecule has 0 spiro atoms. The molecule has 8 heteroatoms. The van der Waals surface area contributed by atoms with E-state index in [4.69, 9.17) is 33.0 Å². The van der Waals surface area contributed by atoms with Gasteiger partial charge in [0.05, 0.1) is 17.2 Å². The van der Waals surface area contributed by atoms with Crippen molar-refractivity contribution in [2.75, 3.05) is 6.61 Å². The van der Waals surface area contributed by atoms with Crippen LogP contribution in [0.2, 0.25) is 10.0 Å². The minimum atomic E-state index is -0.957. The van der Waals surface area contributed by atoms with Crippen LogP contribution < -0.4 is 10.1 Å². The second kappa shape index (κ2) is 9.98. The Balaban J connectivity index is 1.84. The van der Waals surface area contributed by atoms with E-state index in [1.807, 2.05) is 25.1 Å². The minimum absolute atomic E-state index is 0.223. The smallest absolute Gasteiger partial charge is 0.345 e. The summed E-state index contributed by atoms with van der Waals surface area (Å²) in [5.74, 6) is -0.620. The van der Waals surface area contributed by atoms with Gasteiger partial charge in [-0.3, -0.25) is 4.79 Å². The monoisotopic (exact) mass is 463 g/mol. The number of carboxylic acids is 1. The number of ether oxygens (including phenoxy) is 1. The van der Waals surface area contributed by atoms with Crippen molar-refractivity contribution in [1.29, 1.82) is 0 Å². The third kappa shape index (κ3) is 5.33. The van der Waals surface area contributed by atoms with Crippen molar-refractivity contribution in [1.82, 2.24) is 5.32 Å². The molecule has 0 fully saturated rings. The van der Waals surface area contributed by atoms with Gasteiger partial charge in [-0.2, -0.15) is 0 Å². The molecule has 0 aliphatic heterocycles. The zero-order chi connectivity index (χ0) is 21.7. The molecule has 0 radical (unpaired) electrons. The Morgan fingerprint density at radius 1 is 1.10 bits per heavy atom. The van der Waals surface area contributed by atoms with Crippen LogP contribution in [0.25, 0.3) is 11.1 Å². The van der Waals surface area contributed by atoms with Crippen LogP contribution in [0.3, 0.4) is 0 Å². The van der Waals surface area contributed by atoms with Gasteiger partial charge in [0.1, 0.15) is 10.6 Å². The lowest BCUT2D eigenvalue weighted by Crippen LogP contribution is -2.23. The number of carbonyl (C=O) groups excluding carboxylic acids is 1. The fourth-order valence-corrected chi connectivity index (χ4v) is 4.04. The number of aromatic carboxylic acids is 1. The van der Waals surface area contributed by atoms with Crippen molar-refractivity contribution in [2.24, 2.45) is 0 Å². The van der Waals surface area contributed by atoms with Crippen molar-refractivity contribution in [3.8, 4) is 16.9 Å². The first kappa shape index (κ1) is 22.2. The molecule has 1 heterocycles. The molecule has 5 nitrogen and oxygen atoms in total. The second-order valence-electron chi connectivity index (χ2n) is 6.48. The lowest BCUT2D eigenvalue weighted by Gasteiger charge is -2.14. The zero-order valence-corrected chi connectivity index (χ0v) is 18.4. The molecule has 0 aliphatic carbocycles. The molecule has 3 rings (SSSR count). The number of hydrogen-bond donors (Lipinski definition) is 2. The third-order valence-electron chi connectivity index (χ3n) is 4.28. The number of carbonyl (C=O) groups is 2. The highest BCUT2D eigenvalue weighted by molar-refractivity contribution is 7.12. The number of hydrogen-bond acceptors (Lipinski definition) is 4. The van der Waals surface area contributed by atoms with E-state index in [0.717, 1.165) is 23.1 Å². The van der Waals surface area contributed by atoms with Crippen molar-refractivity contribution in [3.05, 3.63) is 73.9 Å². The average Bonchev–Trinajstić information content (AvgIpc) is 3.21. The maximum absolute atomic E-state index is 12.6.